The maximum absolute atomic E-state index is 5.47. The number of rotatable bonds is 3. The highest BCUT2D eigenvalue weighted by atomic mass is 16.5. The van der Waals surface area contributed by atoms with Crippen molar-refractivity contribution in [1.29, 1.82) is 0 Å². The molecule has 3 atom stereocenters. The summed E-state index contributed by atoms with van der Waals surface area (Å²) in [4.78, 5) is 2.56. The predicted octanol–water partition coefficient (Wildman–Crippen LogP) is 1.10. The van der Waals surface area contributed by atoms with Crippen molar-refractivity contribution in [3.63, 3.8) is 0 Å². The molecule has 0 saturated carbocycles. The monoisotopic (exact) mass is 212 g/mol. The molecule has 1 N–H and O–H groups in total. The second-order valence-corrected chi connectivity index (χ2v) is 5.03. The van der Waals surface area contributed by atoms with Crippen LogP contribution in [0.3, 0.4) is 0 Å². The van der Waals surface area contributed by atoms with Crippen LogP contribution in [0, 0.1) is 5.92 Å². The molecule has 3 heteroatoms. The molecule has 2 aliphatic rings. The summed E-state index contributed by atoms with van der Waals surface area (Å²) in [5.41, 5.74) is 0. The molecule has 88 valence electrons. The van der Waals surface area contributed by atoms with Crippen LogP contribution in [0.5, 0.6) is 0 Å². The lowest BCUT2D eigenvalue weighted by molar-refractivity contribution is 0.102. The van der Waals surface area contributed by atoms with Crippen LogP contribution in [0.25, 0.3) is 0 Å². The largest absolute Gasteiger partial charge is 0.381 e. The highest BCUT2D eigenvalue weighted by Crippen LogP contribution is 2.23. The Bertz CT molecular complexity index is 186. The highest BCUT2D eigenvalue weighted by Gasteiger charge is 2.29. The quantitative estimate of drug-likeness (QED) is 0.758. The first-order valence-electron chi connectivity index (χ1n) is 6.29. The van der Waals surface area contributed by atoms with E-state index < -0.39 is 0 Å². The molecule has 15 heavy (non-hydrogen) atoms. The predicted molar refractivity (Wildman–Crippen MR) is 62.0 cm³/mol. The van der Waals surface area contributed by atoms with Gasteiger partial charge in [0.05, 0.1) is 6.61 Å². The Labute approximate surface area is 93.2 Å². The Hall–Kier alpha value is -0.120. The maximum atomic E-state index is 5.47. The van der Waals surface area contributed by atoms with E-state index in [0.29, 0.717) is 6.04 Å². The van der Waals surface area contributed by atoms with Gasteiger partial charge in [-0.05, 0) is 45.7 Å². The number of ether oxygens (including phenoxy) is 1. The fraction of sp³-hybridized carbons (Fsp3) is 1.00. The van der Waals surface area contributed by atoms with Gasteiger partial charge in [-0.1, -0.05) is 0 Å². The Kier molecular flexibility index (Phi) is 4.00. The molecule has 3 nitrogen and oxygen atoms in total. The summed E-state index contributed by atoms with van der Waals surface area (Å²) >= 11 is 0. The van der Waals surface area contributed by atoms with Gasteiger partial charge in [0.25, 0.3) is 0 Å². The topological polar surface area (TPSA) is 24.5 Å². The average molecular weight is 212 g/mol. The van der Waals surface area contributed by atoms with Crippen molar-refractivity contribution in [2.45, 2.75) is 38.3 Å². The van der Waals surface area contributed by atoms with E-state index in [1.54, 1.807) is 0 Å². The third-order valence-corrected chi connectivity index (χ3v) is 4.14. The van der Waals surface area contributed by atoms with E-state index in [2.05, 4.69) is 24.2 Å². The molecule has 2 rings (SSSR count). The molecule has 0 bridgehead atoms. The van der Waals surface area contributed by atoms with Gasteiger partial charge in [0.2, 0.25) is 0 Å². The zero-order chi connectivity index (χ0) is 10.7. The van der Waals surface area contributed by atoms with Crippen LogP contribution in [-0.4, -0.2) is 50.3 Å². The van der Waals surface area contributed by atoms with Gasteiger partial charge in [0.1, 0.15) is 0 Å². The molecule has 0 aliphatic carbocycles. The van der Waals surface area contributed by atoms with Gasteiger partial charge in [-0.3, -0.25) is 4.90 Å². The summed E-state index contributed by atoms with van der Waals surface area (Å²) < 4.78 is 5.47. The molecule has 0 aromatic carbocycles. The summed E-state index contributed by atoms with van der Waals surface area (Å²) in [5, 5.41) is 3.49. The van der Waals surface area contributed by atoms with Crippen molar-refractivity contribution >= 4 is 0 Å². The van der Waals surface area contributed by atoms with E-state index in [1.807, 2.05) is 0 Å². The number of hydrogen-bond donors (Lipinski definition) is 1. The molecule has 2 aliphatic heterocycles. The fourth-order valence-electron chi connectivity index (χ4n) is 2.78. The van der Waals surface area contributed by atoms with Gasteiger partial charge in [-0.15, -0.1) is 0 Å². The molecule has 3 unspecified atom stereocenters. The van der Waals surface area contributed by atoms with Crippen LogP contribution in [0.4, 0.5) is 0 Å². The van der Waals surface area contributed by atoms with Crippen LogP contribution >= 0.6 is 0 Å². The summed E-state index contributed by atoms with van der Waals surface area (Å²) in [6, 6.07) is 1.40. The smallest absolute Gasteiger partial charge is 0.0509 e. The second-order valence-electron chi connectivity index (χ2n) is 5.03. The molecule has 0 amide bonds. The first-order valence-corrected chi connectivity index (χ1v) is 6.29. The molecule has 0 radical (unpaired) electrons. The number of piperidine rings is 1. The zero-order valence-electron chi connectivity index (χ0n) is 10.0. The summed E-state index contributed by atoms with van der Waals surface area (Å²) in [7, 11) is 2.28. The van der Waals surface area contributed by atoms with Gasteiger partial charge >= 0.3 is 0 Å². The Morgan fingerprint density at radius 3 is 2.87 bits per heavy atom. The molecule has 2 fully saturated rings. The zero-order valence-corrected chi connectivity index (χ0v) is 10.0. The lowest BCUT2D eigenvalue weighted by Crippen LogP contribution is -2.49. The lowest BCUT2D eigenvalue weighted by atomic mass is 9.96. The molecule has 0 aromatic rings. The van der Waals surface area contributed by atoms with Gasteiger partial charge in [-0.2, -0.15) is 0 Å². The van der Waals surface area contributed by atoms with Crippen LogP contribution in [0.1, 0.15) is 26.2 Å². The minimum absolute atomic E-state index is 0.664. The summed E-state index contributed by atoms with van der Waals surface area (Å²) in [5.74, 6) is 0.747. The Morgan fingerprint density at radius 1 is 1.40 bits per heavy atom. The fourth-order valence-corrected chi connectivity index (χ4v) is 2.78. The van der Waals surface area contributed by atoms with Crippen molar-refractivity contribution in [2.75, 3.05) is 33.4 Å². The van der Waals surface area contributed by atoms with E-state index >= 15 is 0 Å². The van der Waals surface area contributed by atoms with Crippen molar-refractivity contribution in [2.24, 2.45) is 5.92 Å². The second kappa shape index (κ2) is 5.28. The lowest BCUT2D eigenvalue weighted by Gasteiger charge is -2.38. The molecule has 2 heterocycles. The Balaban J connectivity index is 1.84. The summed E-state index contributed by atoms with van der Waals surface area (Å²) in [6.45, 7) is 6.64. The third-order valence-electron chi connectivity index (χ3n) is 4.14. The van der Waals surface area contributed by atoms with E-state index in [0.717, 1.165) is 31.7 Å². The van der Waals surface area contributed by atoms with Crippen molar-refractivity contribution in [3.05, 3.63) is 0 Å². The Morgan fingerprint density at radius 2 is 2.27 bits per heavy atom. The molecule has 0 aromatic heterocycles. The van der Waals surface area contributed by atoms with Gasteiger partial charge in [0.15, 0.2) is 0 Å². The average Bonchev–Trinajstić information content (AvgIpc) is 2.82. The van der Waals surface area contributed by atoms with Crippen LogP contribution in [0.2, 0.25) is 0 Å². The van der Waals surface area contributed by atoms with Crippen LogP contribution in [-0.2, 0) is 4.74 Å². The third kappa shape index (κ3) is 2.71. The van der Waals surface area contributed by atoms with Gasteiger partial charge in [0, 0.05) is 25.2 Å². The van der Waals surface area contributed by atoms with E-state index in [4.69, 9.17) is 4.74 Å². The van der Waals surface area contributed by atoms with E-state index in [-0.39, 0.29) is 0 Å². The van der Waals surface area contributed by atoms with Crippen LogP contribution < -0.4 is 5.32 Å². The van der Waals surface area contributed by atoms with Crippen LogP contribution in [0.15, 0.2) is 0 Å². The number of hydrogen-bond acceptors (Lipinski definition) is 3. The van der Waals surface area contributed by atoms with Crippen molar-refractivity contribution in [3.8, 4) is 0 Å². The van der Waals surface area contributed by atoms with Gasteiger partial charge < -0.3 is 10.1 Å². The number of likely N-dealkylation sites (N-methyl/N-ethyl adjacent to an activating group) is 1. The van der Waals surface area contributed by atoms with Gasteiger partial charge in [-0.25, -0.2) is 0 Å². The first-order chi connectivity index (χ1) is 7.29. The van der Waals surface area contributed by atoms with Crippen molar-refractivity contribution < 1.29 is 4.74 Å². The standard InChI is InChI=1S/C12H24N2O/c1-10(11-5-7-15-9-11)14(2)12-4-3-6-13-8-12/h10-13H,3-9H2,1-2H3. The van der Waals surface area contributed by atoms with E-state index in [1.165, 1.54) is 25.8 Å². The molecule has 0 spiro atoms. The summed E-state index contributed by atoms with van der Waals surface area (Å²) in [6.07, 6.45) is 3.91. The van der Waals surface area contributed by atoms with Crippen molar-refractivity contribution in [1.82, 2.24) is 10.2 Å². The normalized spacial score (nSPS) is 34.6. The highest BCUT2D eigenvalue weighted by molar-refractivity contribution is 4.84. The molecular weight excluding hydrogens is 188 g/mol. The first kappa shape index (κ1) is 11.4. The number of nitrogens with zero attached hydrogens (tertiary/aromatic N) is 1. The molecule has 2 saturated heterocycles. The molecular formula is C12H24N2O. The minimum atomic E-state index is 0.664. The number of nitrogens with one attached hydrogen (secondary N) is 1. The maximum Gasteiger partial charge on any atom is 0.0509 e. The minimum Gasteiger partial charge on any atom is -0.381 e. The van der Waals surface area contributed by atoms with E-state index in [9.17, 15) is 0 Å². The SMILES string of the molecule is CC(C1CCOC1)N(C)C1CCCNC1.